The summed E-state index contributed by atoms with van der Waals surface area (Å²) in [6.45, 7) is 3.59. The Morgan fingerprint density at radius 3 is 2.53 bits per heavy atom. The second kappa shape index (κ2) is 8.57. The Morgan fingerprint density at radius 2 is 1.87 bits per heavy atom. The standard InChI is InChI=1S/C22H26N4O3S/c1-17-8-9-18(15-21(17)30(27,28)26-12-4-3-5-13-26)20-10-11-22(24-23-20)25(2)16-19-7-6-14-29-19/h6-11,14-15H,3-5,12-13,16H2,1-2H3. The molecule has 0 amide bonds. The van der Waals surface area contributed by atoms with Gasteiger partial charge in [0.15, 0.2) is 5.82 Å². The molecule has 1 aliphatic rings. The third kappa shape index (κ3) is 4.24. The van der Waals surface area contributed by atoms with Gasteiger partial charge in [0.25, 0.3) is 0 Å². The zero-order chi connectivity index (χ0) is 21.1. The quantitative estimate of drug-likeness (QED) is 0.596. The lowest BCUT2D eigenvalue weighted by Gasteiger charge is -2.26. The summed E-state index contributed by atoms with van der Waals surface area (Å²) in [6, 6.07) is 13.0. The minimum atomic E-state index is -3.51. The van der Waals surface area contributed by atoms with Gasteiger partial charge in [-0.3, -0.25) is 0 Å². The predicted molar refractivity (Wildman–Crippen MR) is 116 cm³/mol. The lowest BCUT2D eigenvalue weighted by Crippen LogP contribution is -2.35. The highest BCUT2D eigenvalue weighted by atomic mass is 32.2. The Bertz CT molecular complexity index is 1090. The fraction of sp³-hybridized carbons (Fsp3) is 0.364. The Balaban J connectivity index is 1.58. The Hall–Kier alpha value is -2.71. The van der Waals surface area contributed by atoms with Gasteiger partial charge < -0.3 is 9.32 Å². The van der Waals surface area contributed by atoms with Gasteiger partial charge in [-0.25, -0.2) is 8.42 Å². The number of hydrogen-bond donors (Lipinski definition) is 0. The second-order valence-electron chi connectivity index (χ2n) is 7.66. The van der Waals surface area contributed by atoms with Gasteiger partial charge in [-0.2, -0.15) is 4.31 Å². The third-order valence-electron chi connectivity index (χ3n) is 5.43. The summed E-state index contributed by atoms with van der Waals surface area (Å²) < 4.78 is 33.3. The molecule has 158 valence electrons. The summed E-state index contributed by atoms with van der Waals surface area (Å²) in [6.07, 6.45) is 4.55. The normalized spacial score (nSPS) is 15.3. The lowest BCUT2D eigenvalue weighted by atomic mass is 10.1. The van der Waals surface area contributed by atoms with Crippen LogP contribution in [0.5, 0.6) is 0 Å². The van der Waals surface area contributed by atoms with E-state index in [0.29, 0.717) is 36.0 Å². The van der Waals surface area contributed by atoms with E-state index in [1.807, 2.05) is 55.3 Å². The first-order valence-electron chi connectivity index (χ1n) is 10.1. The van der Waals surface area contributed by atoms with Crippen LogP contribution in [0.3, 0.4) is 0 Å². The molecule has 1 aliphatic heterocycles. The zero-order valence-corrected chi connectivity index (χ0v) is 18.1. The van der Waals surface area contributed by atoms with Crippen molar-refractivity contribution in [2.75, 3.05) is 25.0 Å². The molecular weight excluding hydrogens is 400 g/mol. The highest BCUT2D eigenvalue weighted by Crippen LogP contribution is 2.28. The molecule has 1 aromatic carbocycles. The van der Waals surface area contributed by atoms with Gasteiger partial charge >= 0.3 is 0 Å². The Morgan fingerprint density at radius 1 is 1.07 bits per heavy atom. The van der Waals surface area contributed by atoms with Gasteiger partial charge in [-0.1, -0.05) is 18.6 Å². The molecule has 0 unspecified atom stereocenters. The number of rotatable bonds is 6. The molecule has 0 radical (unpaired) electrons. The highest BCUT2D eigenvalue weighted by molar-refractivity contribution is 7.89. The fourth-order valence-electron chi connectivity index (χ4n) is 3.68. The van der Waals surface area contributed by atoms with E-state index in [4.69, 9.17) is 4.42 Å². The van der Waals surface area contributed by atoms with Crippen LogP contribution < -0.4 is 4.90 Å². The van der Waals surface area contributed by atoms with Gasteiger partial charge in [0.1, 0.15) is 5.76 Å². The summed E-state index contributed by atoms with van der Waals surface area (Å²) in [7, 11) is -1.59. The van der Waals surface area contributed by atoms with Crippen LogP contribution in [0, 0.1) is 6.92 Å². The number of nitrogens with zero attached hydrogens (tertiary/aromatic N) is 4. The van der Waals surface area contributed by atoms with Crippen molar-refractivity contribution in [2.45, 2.75) is 37.6 Å². The third-order valence-corrected chi connectivity index (χ3v) is 7.47. The van der Waals surface area contributed by atoms with Crippen molar-refractivity contribution in [1.29, 1.82) is 0 Å². The van der Waals surface area contributed by atoms with E-state index in [2.05, 4.69) is 10.2 Å². The smallest absolute Gasteiger partial charge is 0.243 e. The van der Waals surface area contributed by atoms with Crippen LogP contribution in [-0.4, -0.2) is 43.1 Å². The number of sulfonamides is 1. The first-order chi connectivity index (χ1) is 14.4. The van der Waals surface area contributed by atoms with Crippen LogP contribution in [-0.2, 0) is 16.6 Å². The van der Waals surface area contributed by atoms with E-state index in [9.17, 15) is 8.42 Å². The fourth-order valence-corrected chi connectivity index (χ4v) is 5.45. The molecule has 2 aromatic heterocycles. The van der Waals surface area contributed by atoms with Crippen molar-refractivity contribution >= 4 is 15.8 Å². The van der Waals surface area contributed by atoms with Crippen LogP contribution in [0.25, 0.3) is 11.3 Å². The predicted octanol–water partition coefficient (Wildman–Crippen LogP) is 3.86. The van der Waals surface area contributed by atoms with Crippen molar-refractivity contribution in [2.24, 2.45) is 0 Å². The van der Waals surface area contributed by atoms with Crippen LogP contribution >= 0.6 is 0 Å². The number of hydrogen-bond acceptors (Lipinski definition) is 6. The molecule has 0 bridgehead atoms. The molecular formula is C22H26N4O3S. The van der Waals surface area contributed by atoms with Crippen LogP contribution in [0.2, 0.25) is 0 Å². The summed E-state index contributed by atoms with van der Waals surface area (Å²) in [5.74, 6) is 1.55. The molecule has 0 N–H and O–H groups in total. The van der Waals surface area contributed by atoms with E-state index in [-0.39, 0.29) is 0 Å². The monoisotopic (exact) mass is 426 g/mol. The summed E-state index contributed by atoms with van der Waals surface area (Å²) >= 11 is 0. The highest BCUT2D eigenvalue weighted by Gasteiger charge is 2.27. The molecule has 30 heavy (non-hydrogen) atoms. The summed E-state index contributed by atoms with van der Waals surface area (Å²) in [5, 5.41) is 8.65. The van der Waals surface area contributed by atoms with E-state index in [0.717, 1.165) is 36.1 Å². The van der Waals surface area contributed by atoms with Gasteiger partial charge in [0, 0.05) is 25.7 Å². The molecule has 0 aliphatic carbocycles. The lowest BCUT2D eigenvalue weighted by molar-refractivity contribution is 0.346. The average Bonchev–Trinajstić information content (AvgIpc) is 3.28. The maximum Gasteiger partial charge on any atom is 0.243 e. The summed E-state index contributed by atoms with van der Waals surface area (Å²) in [5.41, 5.74) is 2.12. The number of aryl methyl sites for hydroxylation is 1. The largest absolute Gasteiger partial charge is 0.467 e. The SMILES string of the molecule is Cc1ccc(-c2ccc(N(C)Cc3ccco3)nn2)cc1S(=O)(=O)N1CCCCC1. The van der Waals surface area contributed by atoms with Gasteiger partial charge in [0.2, 0.25) is 10.0 Å². The molecule has 0 atom stereocenters. The van der Waals surface area contributed by atoms with E-state index in [1.54, 1.807) is 16.6 Å². The van der Waals surface area contributed by atoms with E-state index in [1.165, 1.54) is 0 Å². The minimum absolute atomic E-state index is 0.350. The van der Waals surface area contributed by atoms with Gasteiger partial charge in [0.05, 0.1) is 23.4 Å². The molecule has 0 spiro atoms. The van der Waals surface area contributed by atoms with Gasteiger partial charge in [-0.15, -0.1) is 10.2 Å². The second-order valence-corrected chi connectivity index (χ2v) is 9.56. The molecule has 8 heteroatoms. The molecule has 1 fully saturated rings. The number of anilines is 1. The van der Waals surface area contributed by atoms with Crippen LogP contribution in [0.4, 0.5) is 5.82 Å². The van der Waals surface area contributed by atoms with Crippen molar-refractivity contribution < 1.29 is 12.8 Å². The van der Waals surface area contributed by atoms with Crippen molar-refractivity contribution in [3.05, 3.63) is 60.1 Å². The first kappa shape index (κ1) is 20.6. The average molecular weight is 427 g/mol. The van der Waals surface area contributed by atoms with E-state index >= 15 is 0 Å². The molecule has 7 nitrogen and oxygen atoms in total. The minimum Gasteiger partial charge on any atom is -0.467 e. The topological polar surface area (TPSA) is 79.5 Å². The number of furan rings is 1. The number of aromatic nitrogens is 2. The molecule has 3 heterocycles. The van der Waals surface area contributed by atoms with Crippen molar-refractivity contribution in [1.82, 2.24) is 14.5 Å². The van der Waals surface area contributed by atoms with Crippen LogP contribution in [0.15, 0.2) is 58.0 Å². The Kier molecular flexibility index (Phi) is 5.87. The van der Waals surface area contributed by atoms with Crippen molar-refractivity contribution in [3.63, 3.8) is 0 Å². The molecule has 1 saturated heterocycles. The molecule has 0 saturated carbocycles. The molecule has 3 aromatic rings. The maximum absolute atomic E-state index is 13.2. The number of piperidine rings is 1. The summed E-state index contributed by atoms with van der Waals surface area (Å²) in [4.78, 5) is 2.29. The first-order valence-corrected chi connectivity index (χ1v) is 11.6. The van der Waals surface area contributed by atoms with E-state index < -0.39 is 10.0 Å². The number of benzene rings is 1. The zero-order valence-electron chi connectivity index (χ0n) is 17.3. The van der Waals surface area contributed by atoms with Crippen molar-refractivity contribution in [3.8, 4) is 11.3 Å². The van der Waals surface area contributed by atoms with Gasteiger partial charge in [-0.05, 0) is 55.7 Å². The van der Waals surface area contributed by atoms with Crippen LogP contribution in [0.1, 0.15) is 30.6 Å². The molecule has 4 rings (SSSR count). The Labute approximate surface area is 177 Å². The maximum atomic E-state index is 13.2.